The molecule has 0 radical (unpaired) electrons. The molecule has 2 aromatic rings. The lowest BCUT2D eigenvalue weighted by atomic mass is 9.60. The smallest absolute Gasteiger partial charge is 0.255 e. The van der Waals surface area contributed by atoms with Gasteiger partial charge in [-0.2, -0.15) is 0 Å². The highest BCUT2D eigenvalue weighted by Crippen LogP contribution is 2.52. The number of aliphatic hydroxyl groups is 3. The van der Waals surface area contributed by atoms with Crippen LogP contribution in [0, 0.1) is 11.8 Å². The Morgan fingerprint density at radius 2 is 1.76 bits per heavy atom. The Kier molecular flexibility index (Phi) is 6.06. The molecule has 3 aliphatic rings. The lowest BCUT2D eigenvalue weighted by Gasteiger charge is -2.46. The van der Waals surface area contributed by atoms with E-state index >= 15 is 0 Å². The molecule has 9 heteroatoms. The van der Waals surface area contributed by atoms with Gasteiger partial charge in [-0.15, -0.1) is 0 Å². The summed E-state index contributed by atoms with van der Waals surface area (Å²) in [5, 5.41) is 44.3. The number of benzene rings is 2. The topological polar surface area (TPSA) is 161 Å². The second-order valence-corrected chi connectivity index (χ2v) is 10.5. The first-order valence-corrected chi connectivity index (χ1v) is 12.5. The highest BCUT2D eigenvalue weighted by Gasteiger charge is 2.59. The van der Waals surface area contributed by atoms with Crippen LogP contribution in [-0.2, 0) is 28.9 Å². The maximum absolute atomic E-state index is 13.9. The average molecular weight is 519 g/mol. The molecule has 0 aromatic heterocycles. The quantitative estimate of drug-likeness (QED) is 0.377. The molecular weight excluding hydrogens is 488 g/mol. The fraction of sp³-hybridized carbons (Fsp3) is 0.345. The van der Waals surface area contributed by atoms with Crippen LogP contribution < -0.4 is 10.6 Å². The minimum atomic E-state index is -2.57. The van der Waals surface area contributed by atoms with E-state index in [0.29, 0.717) is 24.0 Å². The van der Waals surface area contributed by atoms with Crippen molar-refractivity contribution < 1.29 is 34.8 Å². The van der Waals surface area contributed by atoms with Crippen molar-refractivity contribution in [1.29, 1.82) is 0 Å². The normalized spacial score (nSPS) is 24.6. The second kappa shape index (κ2) is 9.02. The van der Waals surface area contributed by atoms with Gasteiger partial charge in [-0.3, -0.25) is 14.4 Å². The molecule has 198 valence electrons. The van der Waals surface area contributed by atoms with Gasteiger partial charge in [0.1, 0.15) is 22.8 Å². The number of aryl methyl sites for hydroxylation is 2. The van der Waals surface area contributed by atoms with E-state index in [1.807, 2.05) is 55.4 Å². The lowest BCUT2D eigenvalue weighted by molar-refractivity contribution is -0.144. The number of ketones is 2. The summed E-state index contributed by atoms with van der Waals surface area (Å²) in [5.41, 5.74) is 4.80. The second-order valence-electron chi connectivity index (χ2n) is 10.5. The third kappa shape index (κ3) is 3.68. The summed E-state index contributed by atoms with van der Waals surface area (Å²) in [6.07, 6.45) is 1.22. The Morgan fingerprint density at radius 1 is 1.08 bits per heavy atom. The maximum Gasteiger partial charge on any atom is 0.255 e. The van der Waals surface area contributed by atoms with Gasteiger partial charge in [-0.25, -0.2) is 0 Å². The number of carbonyl (C=O) groups excluding carboxylic acids is 3. The number of nitrogens with zero attached hydrogens (tertiary/aromatic N) is 1. The number of fused-ring (bicyclic) bond motifs is 3. The van der Waals surface area contributed by atoms with Crippen LogP contribution in [-0.4, -0.2) is 57.6 Å². The summed E-state index contributed by atoms with van der Waals surface area (Å²) in [7, 11) is 3.68. The lowest BCUT2D eigenvalue weighted by Crippen LogP contribution is -2.57. The van der Waals surface area contributed by atoms with Gasteiger partial charge in [-0.05, 0) is 54.4 Å². The van der Waals surface area contributed by atoms with Gasteiger partial charge in [0, 0.05) is 37.7 Å². The Labute approximate surface area is 219 Å². The third-order valence-corrected chi connectivity index (χ3v) is 8.12. The SMILES string of the molecule is CN(C)c1cc(CCc2ccccc2)c(O)c2c1C[C@H]1C[C@H]3CC(O)=C(C(N)=O)C(=O)[C@@]3(O)C(O)=C1C2=O. The monoisotopic (exact) mass is 518 g/mol. The van der Waals surface area contributed by atoms with Crippen molar-refractivity contribution in [2.75, 3.05) is 19.0 Å². The van der Waals surface area contributed by atoms with Crippen LogP contribution in [0.4, 0.5) is 5.69 Å². The van der Waals surface area contributed by atoms with E-state index in [1.54, 1.807) is 0 Å². The molecule has 0 unspecified atom stereocenters. The van der Waals surface area contributed by atoms with E-state index in [4.69, 9.17) is 5.73 Å². The van der Waals surface area contributed by atoms with Crippen LogP contribution in [0.15, 0.2) is 59.1 Å². The number of allylic oxidation sites excluding steroid dienone is 2. The summed E-state index contributed by atoms with van der Waals surface area (Å²) in [6, 6.07) is 11.6. The van der Waals surface area contributed by atoms with E-state index in [2.05, 4.69) is 0 Å². The number of aliphatic hydroxyl groups excluding tert-OH is 2. The minimum Gasteiger partial charge on any atom is -0.511 e. The predicted octanol–water partition coefficient (Wildman–Crippen LogP) is 2.43. The van der Waals surface area contributed by atoms with Gasteiger partial charge in [0.15, 0.2) is 11.4 Å². The Balaban J connectivity index is 1.62. The number of anilines is 1. The summed E-state index contributed by atoms with van der Waals surface area (Å²) < 4.78 is 0. The van der Waals surface area contributed by atoms with Crippen LogP contribution >= 0.6 is 0 Å². The first kappa shape index (κ1) is 25.5. The van der Waals surface area contributed by atoms with Gasteiger partial charge < -0.3 is 31.1 Å². The van der Waals surface area contributed by atoms with Gasteiger partial charge in [0.25, 0.3) is 5.91 Å². The molecular formula is C29H30N2O7. The fourth-order valence-corrected chi connectivity index (χ4v) is 6.23. The zero-order valence-electron chi connectivity index (χ0n) is 21.2. The predicted molar refractivity (Wildman–Crippen MR) is 139 cm³/mol. The Bertz CT molecular complexity index is 1440. The van der Waals surface area contributed by atoms with E-state index in [-0.39, 0.29) is 36.1 Å². The largest absolute Gasteiger partial charge is 0.511 e. The molecule has 1 amide bonds. The standard InChI is InChI=1S/C29H30N2O7/c1-31(2)19-12-15(9-8-14-6-4-3-5-7-14)24(33)22-18(19)11-16-10-17-13-20(32)23(28(30)37)27(36)29(17,38)26(35)21(16)25(22)34/h3-7,12,16-17,32-33,35,38H,8-11,13H2,1-2H3,(H2,30,37)/t16-,17+,29+/m1/s1. The first-order valence-electron chi connectivity index (χ1n) is 12.5. The Morgan fingerprint density at radius 3 is 2.39 bits per heavy atom. The van der Waals surface area contributed by atoms with Crippen molar-refractivity contribution in [3.05, 3.63) is 81.3 Å². The van der Waals surface area contributed by atoms with Crippen LogP contribution in [0.25, 0.3) is 0 Å². The molecule has 0 aliphatic heterocycles. The average Bonchev–Trinajstić information content (AvgIpc) is 2.86. The van der Waals surface area contributed by atoms with Gasteiger partial charge >= 0.3 is 0 Å². The van der Waals surface area contributed by atoms with Crippen molar-refractivity contribution in [3.8, 4) is 5.75 Å². The molecule has 2 aromatic carbocycles. The molecule has 5 rings (SSSR count). The number of hydrogen-bond donors (Lipinski definition) is 5. The number of phenolic OH excluding ortho intramolecular Hbond substituents is 1. The number of rotatable bonds is 5. The minimum absolute atomic E-state index is 0.0379. The summed E-state index contributed by atoms with van der Waals surface area (Å²) in [5.74, 6) is -6.21. The molecule has 3 atom stereocenters. The number of hydrogen-bond acceptors (Lipinski definition) is 8. The van der Waals surface area contributed by atoms with Crippen LogP contribution in [0.3, 0.4) is 0 Å². The number of nitrogens with two attached hydrogens (primary N) is 1. The number of phenols is 1. The molecule has 0 bridgehead atoms. The zero-order valence-corrected chi connectivity index (χ0v) is 21.2. The van der Waals surface area contributed by atoms with Gasteiger partial charge in [0.2, 0.25) is 5.78 Å². The van der Waals surface area contributed by atoms with E-state index in [9.17, 15) is 34.8 Å². The molecule has 0 saturated carbocycles. The highest BCUT2D eigenvalue weighted by molar-refractivity contribution is 6.24. The summed E-state index contributed by atoms with van der Waals surface area (Å²) in [4.78, 5) is 40.7. The molecule has 38 heavy (non-hydrogen) atoms. The summed E-state index contributed by atoms with van der Waals surface area (Å²) in [6.45, 7) is 0. The number of amides is 1. The van der Waals surface area contributed by atoms with E-state index in [1.165, 1.54) is 0 Å². The van der Waals surface area contributed by atoms with E-state index < -0.39 is 52.0 Å². The van der Waals surface area contributed by atoms with Crippen molar-refractivity contribution >= 4 is 23.2 Å². The number of Topliss-reactive ketones (excluding diaryl/α,β-unsaturated/α-hetero) is 2. The van der Waals surface area contributed by atoms with Crippen molar-refractivity contribution in [1.82, 2.24) is 0 Å². The van der Waals surface area contributed by atoms with Gasteiger partial charge in [-0.1, -0.05) is 30.3 Å². The van der Waals surface area contributed by atoms with Crippen molar-refractivity contribution in [3.63, 3.8) is 0 Å². The van der Waals surface area contributed by atoms with Crippen LogP contribution in [0.2, 0.25) is 0 Å². The van der Waals surface area contributed by atoms with E-state index in [0.717, 1.165) is 11.3 Å². The molecule has 6 N–H and O–H groups in total. The summed E-state index contributed by atoms with van der Waals surface area (Å²) >= 11 is 0. The fourth-order valence-electron chi connectivity index (χ4n) is 6.23. The molecule has 0 saturated heterocycles. The number of aromatic hydroxyl groups is 1. The van der Waals surface area contributed by atoms with Crippen LogP contribution in [0.5, 0.6) is 5.75 Å². The zero-order chi connectivity index (χ0) is 27.5. The maximum atomic E-state index is 13.9. The highest BCUT2D eigenvalue weighted by atomic mass is 16.3. The first-order chi connectivity index (χ1) is 18.0. The molecule has 3 aliphatic carbocycles. The number of carbonyl (C=O) groups is 3. The molecule has 9 nitrogen and oxygen atoms in total. The van der Waals surface area contributed by atoms with Crippen molar-refractivity contribution in [2.24, 2.45) is 17.6 Å². The van der Waals surface area contributed by atoms with Crippen molar-refractivity contribution in [2.45, 2.75) is 37.7 Å². The van der Waals surface area contributed by atoms with Crippen LogP contribution in [0.1, 0.15) is 39.9 Å². The molecule has 0 heterocycles. The Hall–Kier alpha value is -4.11. The number of primary amides is 1. The molecule has 0 spiro atoms. The third-order valence-electron chi connectivity index (χ3n) is 8.12. The van der Waals surface area contributed by atoms with Gasteiger partial charge in [0.05, 0.1) is 5.56 Å². The molecule has 0 fully saturated rings.